The van der Waals surface area contributed by atoms with Gasteiger partial charge in [0.25, 0.3) is 0 Å². The van der Waals surface area contributed by atoms with Crippen molar-refractivity contribution < 1.29 is 0 Å². The fraction of sp³-hybridized carbons (Fsp3) is 1.00. The standard InChI is InChI=1S/C10H22/c1-7-9(4)10(5,6)8(2)3/h8-9H,7H2,1-6H3/t9-/m1/s1. The van der Waals surface area contributed by atoms with E-state index < -0.39 is 0 Å². The van der Waals surface area contributed by atoms with Crippen LogP contribution in [0.25, 0.3) is 0 Å². The van der Waals surface area contributed by atoms with Crippen LogP contribution in [0.4, 0.5) is 0 Å². The maximum Gasteiger partial charge on any atom is -0.0306 e. The van der Waals surface area contributed by atoms with Crippen LogP contribution in [-0.2, 0) is 0 Å². The lowest BCUT2D eigenvalue weighted by molar-refractivity contribution is 0.147. The molecule has 0 aromatic heterocycles. The van der Waals surface area contributed by atoms with Crippen molar-refractivity contribution in [2.45, 2.75) is 48.0 Å². The molecule has 0 radical (unpaired) electrons. The van der Waals surface area contributed by atoms with Crippen molar-refractivity contribution >= 4 is 0 Å². The number of hydrogen-bond acceptors (Lipinski definition) is 0. The molecular weight excluding hydrogens is 120 g/mol. The Morgan fingerprint density at radius 3 is 1.60 bits per heavy atom. The first kappa shape index (κ1) is 10.0. The zero-order chi connectivity index (χ0) is 8.36. The smallest absolute Gasteiger partial charge is 0.0306 e. The second kappa shape index (κ2) is 3.41. The van der Waals surface area contributed by atoms with E-state index in [0.717, 1.165) is 11.8 Å². The summed E-state index contributed by atoms with van der Waals surface area (Å²) in [4.78, 5) is 0. The summed E-state index contributed by atoms with van der Waals surface area (Å²) in [6, 6.07) is 0. The Hall–Kier alpha value is 0. The highest BCUT2D eigenvalue weighted by Crippen LogP contribution is 2.36. The van der Waals surface area contributed by atoms with Crippen LogP contribution in [0.2, 0.25) is 0 Å². The van der Waals surface area contributed by atoms with Crippen molar-refractivity contribution in [1.82, 2.24) is 0 Å². The van der Waals surface area contributed by atoms with Gasteiger partial charge >= 0.3 is 0 Å². The van der Waals surface area contributed by atoms with Crippen LogP contribution in [0.3, 0.4) is 0 Å². The molecule has 1 atom stereocenters. The van der Waals surface area contributed by atoms with Gasteiger partial charge in [-0.25, -0.2) is 0 Å². The molecular formula is C10H22. The minimum absolute atomic E-state index is 0.509. The molecule has 10 heavy (non-hydrogen) atoms. The summed E-state index contributed by atoms with van der Waals surface area (Å²) in [5.41, 5.74) is 0.509. The van der Waals surface area contributed by atoms with Crippen LogP contribution in [0, 0.1) is 17.3 Å². The topological polar surface area (TPSA) is 0 Å². The normalized spacial score (nSPS) is 15.9. The first-order valence-corrected chi connectivity index (χ1v) is 4.42. The van der Waals surface area contributed by atoms with Crippen LogP contribution in [0.5, 0.6) is 0 Å². The molecule has 0 rings (SSSR count). The minimum atomic E-state index is 0.509. The quantitative estimate of drug-likeness (QED) is 0.563. The minimum Gasteiger partial charge on any atom is -0.0651 e. The molecule has 0 nitrogen and oxygen atoms in total. The molecule has 0 aliphatic carbocycles. The Morgan fingerprint density at radius 1 is 1.10 bits per heavy atom. The van der Waals surface area contributed by atoms with Crippen LogP contribution >= 0.6 is 0 Å². The van der Waals surface area contributed by atoms with Gasteiger partial charge in [-0.05, 0) is 17.3 Å². The molecule has 0 heterocycles. The van der Waals surface area contributed by atoms with E-state index in [2.05, 4.69) is 41.5 Å². The van der Waals surface area contributed by atoms with Gasteiger partial charge in [0.05, 0.1) is 0 Å². The highest BCUT2D eigenvalue weighted by atomic mass is 14.3. The van der Waals surface area contributed by atoms with Crippen molar-refractivity contribution in [3.05, 3.63) is 0 Å². The zero-order valence-corrected chi connectivity index (χ0v) is 8.36. The molecule has 0 N–H and O–H groups in total. The lowest BCUT2D eigenvalue weighted by atomic mass is 9.71. The van der Waals surface area contributed by atoms with Gasteiger partial charge in [0.1, 0.15) is 0 Å². The molecule has 0 aliphatic heterocycles. The third-order valence-electron chi connectivity index (χ3n) is 3.37. The Balaban J connectivity index is 4.09. The largest absolute Gasteiger partial charge is 0.0651 e. The maximum absolute atomic E-state index is 2.37. The monoisotopic (exact) mass is 142 g/mol. The van der Waals surface area contributed by atoms with E-state index in [4.69, 9.17) is 0 Å². The molecule has 0 saturated carbocycles. The van der Waals surface area contributed by atoms with E-state index >= 15 is 0 Å². The lowest BCUT2D eigenvalue weighted by Crippen LogP contribution is -2.27. The van der Waals surface area contributed by atoms with Crippen molar-refractivity contribution in [3.8, 4) is 0 Å². The molecule has 0 aromatic rings. The van der Waals surface area contributed by atoms with Crippen molar-refractivity contribution in [2.24, 2.45) is 17.3 Å². The Bertz CT molecular complexity index is 90.2. The molecule has 0 aliphatic rings. The summed E-state index contributed by atoms with van der Waals surface area (Å²) >= 11 is 0. The predicted molar refractivity (Wildman–Crippen MR) is 48.1 cm³/mol. The first-order chi connectivity index (χ1) is 4.42. The zero-order valence-electron chi connectivity index (χ0n) is 8.36. The summed E-state index contributed by atoms with van der Waals surface area (Å²) < 4.78 is 0. The van der Waals surface area contributed by atoms with Gasteiger partial charge in [-0.15, -0.1) is 0 Å². The van der Waals surface area contributed by atoms with E-state index in [-0.39, 0.29) is 0 Å². The van der Waals surface area contributed by atoms with Gasteiger partial charge in [-0.3, -0.25) is 0 Å². The highest BCUT2D eigenvalue weighted by Gasteiger charge is 2.27. The summed E-state index contributed by atoms with van der Waals surface area (Å²) in [5.74, 6) is 1.63. The SMILES string of the molecule is CC[C@@H](C)C(C)(C)C(C)C. The molecule has 62 valence electrons. The van der Waals surface area contributed by atoms with Crippen molar-refractivity contribution in [3.63, 3.8) is 0 Å². The second-order valence-corrected chi connectivity index (χ2v) is 4.29. The Kier molecular flexibility index (Phi) is 3.41. The molecule has 0 spiro atoms. The summed E-state index contributed by atoms with van der Waals surface area (Å²) in [6.45, 7) is 14.0. The Labute approximate surface area is 66.0 Å². The van der Waals surface area contributed by atoms with E-state index in [0.29, 0.717) is 5.41 Å². The highest BCUT2D eigenvalue weighted by molar-refractivity contribution is 4.77. The van der Waals surface area contributed by atoms with Crippen molar-refractivity contribution in [1.29, 1.82) is 0 Å². The second-order valence-electron chi connectivity index (χ2n) is 4.29. The van der Waals surface area contributed by atoms with Crippen LogP contribution in [-0.4, -0.2) is 0 Å². The van der Waals surface area contributed by atoms with E-state index in [1.54, 1.807) is 0 Å². The summed E-state index contributed by atoms with van der Waals surface area (Å²) in [6.07, 6.45) is 1.30. The summed E-state index contributed by atoms with van der Waals surface area (Å²) in [7, 11) is 0. The van der Waals surface area contributed by atoms with Crippen LogP contribution in [0.1, 0.15) is 48.0 Å². The fourth-order valence-corrected chi connectivity index (χ4v) is 1.10. The molecule has 0 bridgehead atoms. The third-order valence-corrected chi connectivity index (χ3v) is 3.37. The van der Waals surface area contributed by atoms with Gasteiger partial charge in [0.15, 0.2) is 0 Å². The van der Waals surface area contributed by atoms with Gasteiger partial charge < -0.3 is 0 Å². The summed E-state index contributed by atoms with van der Waals surface area (Å²) in [5, 5.41) is 0. The van der Waals surface area contributed by atoms with Crippen LogP contribution < -0.4 is 0 Å². The molecule has 0 saturated heterocycles. The first-order valence-electron chi connectivity index (χ1n) is 4.42. The van der Waals surface area contributed by atoms with Gasteiger partial charge in [-0.1, -0.05) is 48.0 Å². The van der Waals surface area contributed by atoms with Crippen molar-refractivity contribution in [2.75, 3.05) is 0 Å². The third kappa shape index (κ3) is 2.00. The molecule has 0 fully saturated rings. The van der Waals surface area contributed by atoms with Gasteiger partial charge in [0.2, 0.25) is 0 Å². The van der Waals surface area contributed by atoms with E-state index in [1.807, 2.05) is 0 Å². The lowest BCUT2D eigenvalue weighted by Gasteiger charge is -2.35. The van der Waals surface area contributed by atoms with E-state index in [1.165, 1.54) is 6.42 Å². The van der Waals surface area contributed by atoms with Gasteiger partial charge in [0, 0.05) is 0 Å². The van der Waals surface area contributed by atoms with Gasteiger partial charge in [-0.2, -0.15) is 0 Å². The average molecular weight is 142 g/mol. The van der Waals surface area contributed by atoms with Crippen LogP contribution in [0.15, 0.2) is 0 Å². The molecule has 0 aromatic carbocycles. The predicted octanol–water partition coefficient (Wildman–Crippen LogP) is 3.71. The van der Waals surface area contributed by atoms with E-state index in [9.17, 15) is 0 Å². The fourth-order valence-electron chi connectivity index (χ4n) is 1.10. The number of hydrogen-bond donors (Lipinski definition) is 0. The maximum atomic E-state index is 2.37. The molecule has 0 amide bonds. The molecule has 0 heteroatoms. The average Bonchev–Trinajstić information content (AvgIpc) is 1.86. The number of rotatable bonds is 3. The Morgan fingerprint density at radius 2 is 1.50 bits per heavy atom. The molecule has 0 unspecified atom stereocenters.